The van der Waals surface area contributed by atoms with Crippen LogP contribution in [-0.4, -0.2) is 23.0 Å². The zero-order valence-corrected chi connectivity index (χ0v) is 11.8. The molecule has 6 heteroatoms. The van der Waals surface area contributed by atoms with Crippen molar-refractivity contribution in [3.05, 3.63) is 46.9 Å². The first-order chi connectivity index (χ1) is 9.60. The summed E-state index contributed by atoms with van der Waals surface area (Å²) in [6.45, 7) is 4.91. The van der Waals surface area contributed by atoms with Gasteiger partial charge in [-0.15, -0.1) is 0 Å². The van der Waals surface area contributed by atoms with Crippen LogP contribution in [0.4, 0.5) is 0 Å². The molecule has 0 saturated heterocycles. The summed E-state index contributed by atoms with van der Waals surface area (Å²) in [7, 11) is 1.35. The molecule has 0 aromatic carbocycles. The first-order valence-electron chi connectivity index (χ1n) is 6.27. The lowest BCUT2D eigenvalue weighted by Crippen LogP contribution is -2.14. The molecule has 0 aliphatic carbocycles. The van der Waals surface area contributed by atoms with Crippen LogP contribution in [-0.2, 0) is 17.8 Å². The summed E-state index contributed by atoms with van der Waals surface area (Å²) in [5.41, 5.74) is 2.18. The fourth-order valence-electron chi connectivity index (χ4n) is 1.68. The highest BCUT2D eigenvalue weighted by Crippen LogP contribution is 2.08. The molecule has 2 aromatic heterocycles. The van der Waals surface area contributed by atoms with Gasteiger partial charge in [0.2, 0.25) is 5.89 Å². The van der Waals surface area contributed by atoms with E-state index in [9.17, 15) is 4.79 Å². The number of nitrogens with zero attached hydrogens (tertiary/aromatic N) is 2. The number of carbonyl (C=O) groups excluding carboxylic acids is 1. The van der Waals surface area contributed by atoms with Crippen LogP contribution in [0.15, 0.2) is 22.7 Å². The topological polar surface area (TPSA) is 77.2 Å². The molecule has 0 saturated carbocycles. The van der Waals surface area contributed by atoms with Gasteiger partial charge in [-0.25, -0.2) is 9.78 Å². The SMILES string of the molecule is COC(=O)c1ccc(CNCc2nc(C)c(C)o2)nc1. The van der Waals surface area contributed by atoms with Crippen molar-refractivity contribution in [2.45, 2.75) is 26.9 Å². The maximum absolute atomic E-state index is 11.3. The summed E-state index contributed by atoms with van der Waals surface area (Å²) in [6, 6.07) is 3.47. The van der Waals surface area contributed by atoms with Crippen LogP contribution >= 0.6 is 0 Å². The monoisotopic (exact) mass is 275 g/mol. The van der Waals surface area contributed by atoms with Gasteiger partial charge in [-0.3, -0.25) is 4.98 Å². The summed E-state index contributed by atoms with van der Waals surface area (Å²) in [4.78, 5) is 19.7. The Morgan fingerprint density at radius 2 is 2.15 bits per heavy atom. The standard InChI is InChI=1S/C14H17N3O3/c1-9-10(2)20-13(17-9)8-15-7-12-5-4-11(6-16-12)14(18)19-3/h4-6,15H,7-8H2,1-3H3. The minimum absolute atomic E-state index is 0.386. The van der Waals surface area contributed by atoms with Gasteiger partial charge in [-0.2, -0.15) is 0 Å². The molecule has 20 heavy (non-hydrogen) atoms. The van der Waals surface area contributed by atoms with Crippen molar-refractivity contribution < 1.29 is 13.9 Å². The lowest BCUT2D eigenvalue weighted by Gasteiger charge is -2.03. The van der Waals surface area contributed by atoms with Gasteiger partial charge in [0.05, 0.1) is 30.6 Å². The molecule has 0 radical (unpaired) electrons. The third kappa shape index (κ3) is 3.42. The third-order valence-electron chi connectivity index (χ3n) is 2.90. The van der Waals surface area contributed by atoms with Crippen LogP contribution in [0, 0.1) is 13.8 Å². The molecule has 106 valence electrons. The molecular weight excluding hydrogens is 258 g/mol. The zero-order valence-electron chi connectivity index (χ0n) is 11.8. The van der Waals surface area contributed by atoms with Crippen LogP contribution in [0.3, 0.4) is 0 Å². The summed E-state index contributed by atoms with van der Waals surface area (Å²) < 4.78 is 10.1. The van der Waals surface area contributed by atoms with Crippen molar-refractivity contribution in [2.75, 3.05) is 7.11 Å². The first kappa shape index (κ1) is 14.2. The third-order valence-corrected chi connectivity index (χ3v) is 2.90. The van der Waals surface area contributed by atoms with Gasteiger partial charge in [0.15, 0.2) is 0 Å². The van der Waals surface area contributed by atoms with Gasteiger partial charge in [0, 0.05) is 12.7 Å². The second-order valence-corrected chi connectivity index (χ2v) is 4.38. The van der Waals surface area contributed by atoms with E-state index in [0.717, 1.165) is 17.1 Å². The number of rotatable bonds is 5. The Morgan fingerprint density at radius 3 is 2.70 bits per heavy atom. The number of carbonyl (C=O) groups is 1. The molecule has 2 heterocycles. The number of pyridine rings is 1. The number of oxazole rings is 1. The molecule has 0 atom stereocenters. The average molecular weight is 275 g/mol. The fourth-order valence-corrected chi connectivity index (χ4v) is 1.68. The smallest absolute Gasteiger partial charge is 0.339 e. The summed E-state index contributed by atoms with van der Waals surface area (Å²) in [5, 5.41) is 3.19. The Kier molecular flexibility index (Phi) is 4.47. The number of methoxy groups -OCH3 is 1. The number of aromatic nitrogens is 2. The van der Waals surface area contributed by atoms with E-state index in [1.807, 2.05) is 13.8 Å². The molecule has 0 bridgehead atoms. The minimum Gasteiger partial charge on any atom is -0.465 e. The molecule has 0 spiro atoms. The van der Waals surface area contributed by atoms with E-state index in [-0.39, 0.29) is 5.97 Å². The van der Waals surface area contributed by atoms with Crippen LogP contribution in [0.25, 0.3) is 0 Å². The minimum atomic E-state index is -0.386. The second kappa shape index (κ2) is 6.29. The van der Waals surface area contributed by atoms with Gasteiger partial charge in [0.25, 0.3) is 0 Å². The molecule has 0 amide bonds. The molecule has 2 rings (SSSR count). The van der Waals surface area contributed by atoms with Gasteiger partial charge in [0.1, 0.15) is 5.76 Å². The van der Waals surface area contributed by atoms with Crippen molar-refractivity contribution in [3.63, 3.8) is 0 Å². The lowest BCUT2D eigenvalue weighted by molar-refractivity contribution is 0.0600. The lowest BCUT2D eigenvalue weighted by atomic mass is 10.2. The maximum atomic E-state index is 11.3. The Morgan fingerprint density at radius 1 is 1.35 bits per heavy atom. The highest BCUT2D eigenvalue weighted by atomic mass is 16.5. The summed E-state index contributed by atoms with van der Waals surface area (Å²) >= 11 is 0. The molecular formula is C14H17N3O3. The number of ether oxygens (including phenoxy) is 1. The van der Waals surface area contributed by atoms with E-state index in [1.54, 1.807) is 12.1 Å². The zero-order chi connectivity index (χ0) is 14.5. The van der Waals surface area contributed by atoms with Crippen molar-refractivity contribution in [1.29, 1.82) is 0 Å². The van der Waals surface area contributed by atoms with E-state index in [1.165, 1.54) is 13.3 Å². The van der Waals surface area contributed by atoms with E-state index in [0.29, 0.717) is 24.5 Å². The first-order valence-corrected chi connectivity index (χ1v) is 6.27. The Labute approximate surface area is 117 Å². The number of nitrogens with one attached hydrogen (secondary N) is 1. The van der Waals surface area contributed by atoms with E-state index in [4.69, 9.17) is 4.42 Å². The average Bonchev–Trinajstić information content (AvgIpc) is 2.77. The molecule has 0 aliphatic heterocycles. The van der Waals surface area contributed by atoms with Crippen molar-refractivity contribution in [1.82, 2.24) is 15.3 Å². The maximum Gasteiger partial charge on any atom is 0.339 e. The Bertz CT molecular complexity index is 571. The van der Waals surface area contributed by atoms with E-state index in [2.05, 4.69) is 20.0 Å². The van der Waals surface area contributed by atoms with Crippen LogP contribution in [0.1, 0.15) is 33.4 Å². The van der Waals surface area contributed by atoms with Crippen molar-refractivity contribution in [2.24, 2.45) is 0 Å². The fraction of sp³-hybridized carbons (Fsp3) is 0.357. The normalized spacial score (nSPS) is 10.6. The summed E-state index contributed by atoms with van der Waals surface area (Å²) in [6.07, 6.45) is 1.50. The number of esters is 1. The van der Waals surface area contributed by atoms with E-state index < -0.39 is 0 Å². The number of aryl methyl sites for hydroxylation is 2. The van der Waals surface area contributed by atoms with Crippen molar-refractivity contribution in [3.8, 4) is 0 Å². The van der Waals surface area contributed by atoms with Crippen molar-refractivity contribution >= 4 is 5.97 Å². The molecule has 0 aliphatic rings. The van der Waals surface area contributed by atoms with Gasteiger partial charge in [-0.05, 0) is 26.0 Å². The quantitative estimate of drug-likeness (QED) is 0.838. The van der Waals surface area contributed by atoms with Crippen LogP contribution < -0.4 is 5.32 Å². The predicted molar refractivity (Wildman–Crippen MR) is 72.1 cm³/mol. The molecule has 6 nitrogen and oxygen atoms in total. The molecule has 2 aromatic rings. The predicted octanol–water partition coefficient (Wildman–Crippen LogP) is 1.76. The molecule has 0 unspecified atom stereocenters. The number of hydrogen-bond donors (Lipinski definition) is 1. The molecule has 0 fully saturated rings. The van der Waals surface area contributed by atoms with Crippen LogP contribution in [0.2, 0.25) is 0 Å². The summed E-state index contributed by atoms with van der Waals surface area (Å²) in [5.74, 6) is 1.11. The van der Waals surface area contributed by atoms with Gasteiger partial charge < -0.3 is 14.5 Å². The Hall–Kier alpha value is -2.21. The van der Waals surface area contributed by atoms with Gasteiger partial charge >= 0.3 is 5.97 Å². The second-order valence-electron chi connectivity index (χ2n) is 4.38. The molecule has 1 N–H and O–H groups in total. The highest BCUT2D eigenvalue weighted by Gasteiger charge is 2.07. The van der Waals surface area contributed by atoms with Crippen LogP contribution in [0.5, 0.6) is 0 Å². The Balaban J connectivity index is 1.86. The highest BCUT2D eigenvalue weighted by molar-refractivity contribution is 5.88. The largest absolute Gasteiger partial charge is 0.465 e. The van der Waals surface area contributed by atoms with Gasteiger partial charge in [-0.1, -0.05) is 0 Å². The number of hydrogen-bond acceptors (Lipinski definition) is 6. The van der Waals surface area contributed by atoms with E-state index >= 15 is 0 Å².